The van der Waals surface area contributed by atoms with Gasteiger partial charge in [0.2, 0.25) is 5.91 Å². The molecule has 19 heavy (non-hydrogen) atoms. The van der Waals surface area contributed by atoms with Crippen LogP contribution in [-0.2, 0) is 9.53 Å². The summed E-state index contributed by atoms with van der Waals surface area (Å²) in [5, 5.41) is 5.01. The number of ether oxygens (including phenoxy) is 1. The summed E-state index contributed by atoms with van der Waals surface area (Å²) in [6.45, 7) is 3.20. The van der Waals surface area contributed by atoms with Crippen LogP contribution in [0.15, 0.2) is 0 Å². The van der Waals surface area contributed by atoms with Gasteiger partial charge in [0.15, 0.2) is 0 Å². The molecule has 0 spiro atoms. The molecule has 0 unspecified atom stereocenters. The Morgan fingerprint density at radius 1 is 1.32 bits per heavy atom. The third kappa shape index (κ3) is 5.44. The molecule has 1 saturated carbocycles. The average Bonchev–Trinajstić information content (AvgIpc) is 3.21. The lowest BCUT2D eigenvalue weighted by Gasteiger charge is -2.34. The van der Waals surface area contributed by atoms with Crippen molar-refractivity contribution in [1.82, 2.24) is 20.7 Å². The smallest absolute Gasteiger partial charge is 0.246 e. The van der Waals surface area contributed by atoms with Crippen LogP contribution < -0.4 is 10.7 Å². The number of hydrogen-bond donors (Lipinski definition) is 2. The summed E-state index contributed by atoms with van der Waals surface area (Å²) in [5.41, 5.74) is 3.10. The fraction of sp³-hybridized carbons (Fsp3) is 0.923. The van der Waals surface area contributed by atoms with Crippen LogP contribution in [0.1, 0.15) is 25.7 Å². The van der Waals surface area contributed by atoms with Gasteiger partial charge >= 0.3 is 0 Å². The average molecular weight is 270 g/mol. The normalized spacial score (nSPS) is 21.8. The van der Waals surface area contributed by atoms with Gasteiger partial charge in [-0.15, -0.1) is 0 Å². The quantitative estimate of drug-likeness (QED) is 0.626. The van der Waals surface area contributed by atoms with E-state index in [1.165, 1.54) is 0 Å². The Hall–Kier alpha value is -0.690. The molecule has 0 radical (unpaired) electrons. The van der Waals surface area contributed by atoms with Crippen LogP contribution in [0.2, 0.25) is 0 Å². The second-order valence-electron chi connectivity index (χ2n) is 5.53. The van der Waals surface area contributed by atoms with Crippen molar-refractivity contribution in [3.8, 4) is 0 Å². The number of nitrogens with zero attached hydrogens (tertiary/aromatic N) is 2. The summed E-state index contributed by atoms with van der Waals surface area (Å²) in [5.74, 6) is 0.0415. The first-order valence-corrected chi connectivity index (χ1v) is 7.19. The maximum atomic E-state index is 11.5. The third-order valence-corrected chi connectivity index (χ3v) is 3.72. The predicted molar refractivity (Wildman–Crippen MR) is 73.4 cm³/mol. The van der Waals surface area contributed by atoms with Crippen molar-refractivity contribution in [2.24, 2.45) is 0 Å². The van der Waals surface area contributed by atoms with E-state index in [1.54, 1.807) is 0 Å². The maximum Gasteiger partial charge on any atom is 0.246 e. The molecule has 0 aromatic rings. The van der Waals surface area contributed by atoms with Crippen LogP contribution in [0.4, 0.5) is 0 Å². The van der Waals surface area contributed by atoms with Crippen molar-refractivity contribution < 1.29 is 9.53 Å². The SMILES string of the molecule is CNN(C)CN1CCC(OCC(=O)NC2CC2)CC1. The Labute approximate surface area is 115 Å². The van der Waals surface area contributed by atoms with E-state index in [4.69, 9.17) is 4.74 Å². The number of carbonyl (C=O) groups excluding carboxylic acids is 1. The molecule has 0 atom stereocenters. The highest BCUT2D eigenvalue weighted by molar-refractivity contribution is 5.77. The van der Waals surface area contributed by atoms with Gasteiger partial charge in [-0.1, -0.05) is 0 Å². The zero-order valence-corrected chi connectivity index (χ0v) is 12.0. The van der Waals surface area contributed by atoms with Crippen LogP contribution in [0, 0.1) is 0 Å². The first-order valence-electron chi connectivity index (χ1n) is 7.19. The van der Waals surface area contributed by atoms with Gasteiger partial charge in [-0.05, 0) is 32.7 Å². The summed E-state index contributed by atoms with van der Waals surface area (Å²) in [4.78, 5) is 13.9. The molecule has 1 amide bonds. The second-order valence-corrected chi connectivity index (χ2v) is 5.53. The fourth-order valence-corrected chi connectivity index (χ4v) is 2.28. The van der Waals surface area contributed by atoms with Gasteiger partial charge in [0.05, 0.1) is 12.8 Å². The fourth-order valence-electron chi connectivity index (χ4n) is 2.28. The number of nitrogens with one attached hydrogen (secondary N) is 2. The Morgan fingerprint density at radius 3 is 2.58 bits per heavy atom. The Balaban J connectivity index is 1.56. The third-order valence-electron chi connectivity index (χ3n) is 3.72. The molecular formula is C13H26N4O2. The monoisotopic (exact) mass is 270 g/mol. The summed E-state index contributed by atoms with van der Waals surface area (Å²) >= 11 is 0. The van der Waals surface area contributed by atoms with Gasteiger partial charge in [0.25, 0.3) is 0 Å². The minimum Gasteiger partial charge on any atom is -0.368 e. The first-order chi connectivity index (χ1) is 9.17. The van der Waals surface area contributed by atoms with Crippen molar-refractivity contribution in [3.63, 3.8) is 0 Å². The van der Waals surface area contributed by atoms with E-state index >= 15 is 0 Å². The molecule has 0 bridgehead atoms. The molecule has 110 valence electrons. The summed E-state index contributed by atoms with van der Waals surface area (Å²) < 4.78 is 5.69. The van der Waals surface area contributed by atoms with Gasteiger partial charge in [-0.2, -0.15) is 0 Å². The predicted octanol–water partition coefficient (Wildman–Crippen LogP) is -0.230. The molecule has 2 fully saturated rings. The van der Waals surface area contributed by atoms with E-state index in [9.17, 15) is 4.79 Å². The summed E-state index contributed by atoms with van der Waals surface area (Å²) in [6.07, 6.45) is 4.51. The van der Waals surface area contributed by atoms with Gasteiger partial charge in [-0.25, -0.2) is 5.01 Å². The molecule has 2 N–H and O–H groups in total. The standard InChI is InChI=1S/C13H26N4O2/c1-14-16(2)10-17-7-5-12(6-8-17)19-9-13(18)15-11-3-4-11/h11-12,14H,3-10H2,1-2H3,(H,15,18). The molecule has 1 heterocycles. The van der Waals surface area contributed by atoms with Crippen LogP contribution in [-0.4, -0.2) is 68.4 Å². The van der Waals surface area contributed by atoms with E-state index < -0.39 is 0 Å². The van der Waals surface area contributed by atoms with Crippen LogP contribution in [0.25, 0.3) is 0 Å². The molecule has 6 nitrogen and oxygen atoms in total. The Morgan fingerprint density at radius 2 is 2.00 bits per heavy atom. The highest BCUT2D eigenvalue weighted by atomic mass is 16.5. The molecule has 1 aliphatic carbocycles. The topological polar surface area (TPSA) is 56.8 Å². The Bertz CT molecular complexity index is 288. The maximum absolute atomic E-state index is 11.5. The number of rotatable bonds is 7. The van der Waals surface area contributed by atoms with Crippen LogP contribution in [0.5, 0.6) is 0 Å². The van der Waals surface area contributed by atoms with Crippen molar-refractivity contribution in [3.05, 3.63) is 0 Å². The van der Waals surface area contributed by atoms with Crippen molar-refractivity contribution >= 4 is 5.91 Å². The number of carbonyl (C=O) groups is 1. The van der Waals surface area contributed by atoms with Crippen molar-refractivity contribution in [2.45, 2.75) is 37.8 Å². The van der Waals surface area contributed by atoms with E-state index in [2.05, 4.69) is 20.7 Å². The van der Waals surface area contributed by atoms with Gasteiger partial charge in [0.1, 0.15) is 6.61 Å². The van der Waals surface area contributed by atoms with Crippen molar-refractivity contribution in [2.75, 3.05) is 40.5 Å². The molecule has 2 rings (SSSR count). The molecule has 1 aliphatic heterocycles. The minimum atomic E-state index is 0.0415. The lowest BCUT2D eigenvalue weighted by atomic mass is 10.1. The lowest BCUT2D eigenvalue weighted by molar-refractivity contribution is -0.129. The van der Waals surface area contributed by atoms with E-state index in [0.29, 0.717) is 6.04 Å². The molecule has 2 aliphatic rings. The molecule has 0 aromatic carbocycles. The zero-order chi connectivity index (χ0) is 13.7. The van der Waals surface area contributed by atoms with E-state index in [1.807, 2.05) is 14.1 Å². The number of likely N-dealkylation sites (tertiary alicyclic amines) is 1. The number of piperidine rings is 1. The zero-order valence-electron chi connectivity index (χ0n) is 12.0. The van der Waals surface area contributed by atoms with Gasteiger partial charge < -0.3 is 10.1 Å². The molecule has 1 saturated heterocycles. The second kappa shape index (κ2) is 7.19. The molecular weight excluding hydrogens is 244 g/mol. The first kappa shape index (κ1) is 14.7. The number of hydrogen-bond acceptors (Lipinski definition) is 5. The lowest BCUT2D eigenvalue weighted by Crippen LogP contribution is -2.46. The van der Waals surface area contributed by atoms with Crippen LogP contribution >= 0.6 is 0 Å². The largest absolute Gasteiger partial charge is 0.368 e. The van der Waals surface area contributed by atoms with Crippen molar-refractivity contribution in [1.29, 1.82) is 0 Å². The van der Waals surface area contributed by atoms with E-state index in [-0.39, 0.29) is 18.6 Å². The highest BCUT2D eigenvalue weighted by Gasteiger charge is 2.24. The Kier molecular flexibility index (Phi) is 5.57. The van der Waals surface area contributed by atoms with Crippen LogP contribution in [0.3, 0.4) is 0 Å². The molecule has 0 aromatic heterocycles. The minimum absolute atomic E-state index is 0.0415. The summed E-state index contributed by atoms with van der Waals surface area (Å²) in [7, 11) is 3.96. The number of amides is 1. The number of hydrazine groups is 1. The van der Waals surface area contributed by atoms with Gasteiger partial charge in [-0.3, -0.25) is 15.1 Å². The molecule has 6 heteroatoms. The van der Waals surface area contributed by atoms with Gasteiger partial charge in [0, 0.05) is 26.2 Å². The highest BCUT2D eigenvalue weighted by Crippen LogP contribution is 2.18. The van der Waals surface area contributed by atoms with E-state index in [0.717, 1.165) is 45.4 Å². The summed E-state index contributed by atoms with van der Waals surface area (Å²) in [6, 6.07) is 0.426.